The summed E-state index contributed by atoms with van der Waals surface area (Å²) in [5.74, 6) is -0.715. The Morgan fingerprint density at radius 1 is 1.30 bits per heavy atom. The molecule has 1 saturated heterocycles. The molecule has 1 aromatic heterocycles. The van der Waals surface area contributed by atoms with Crippen molar-refractivity contribution in [3.63, 3.8) is 0 Å². The van der Waals surface area contributed by atoms with Gasteiger partial charge in [0.2, 0.25) is 0 Å². The molecule has 0 atom stereocenters. The van der Waals surface area contributed by atoms with Gasteiger partial charge in [0.05, 0.1) is 11.0 Å². The monoisotopic (exact) mass is 317 g/mol. The molecule has 122 valence electrons. The summed E-state index contributed by atoms with van der Waals surface area (Å²) in [6.07, 6.45) is 1.59. The normalized spacial score (nSPS) is 16.0. The van der Waals surface area contributed by atoms with Crippen LogP contribution in [0.2, 0.25) is 0 Å². The molecule has 0 radical (unpaired) electrons. The molecule has 7 heteroatoms. The zero-order chi connectivity index (χ0) is 16.6. The molecule has 23 heavy (non-hydrogen) atoms. The van der Waals surface area contributed by atoms with Crippen molar-refractivity contribution in [2.75, 3.05) is 13.1 Å². The lowest BCUT2D eigenvalue weighted by Crippen LogP contribution is -2.38. The number of hydrogen-bond donors (Lipinski definition) is 2. The van der Waals surface area contributed by atoms with Gasteiger partial charge in [0, 0.05) is 32.1 Å². The third kappa shape index (κ3) is 2.99. The van der Waals surface area contributed by atoms with E-state index in [1.165, 1.54) is 4.57 Å². The Bertz CT molecular complexity index is 812. The van der Waals surface area contributed by atoms with Crippen molar-refractivity contribution in [3.05, 3.63) is 34.2 Å². The number of aliphatic carboxylic acids is 1. The van der Waals surface area contributed by atoms with Gasteiger partial charge in [0.15, 0.2) is 0 Å². The molecule has 1 aliphatic rings. The molecule has 0 unspecified atom stereocenters. The maximum atomic E-state index is 12.6. The number of carbonyl (C=O) groups is 2. The van der Waals surface area contributed by atoms with Gasteiger partial charge in [-0.2, -0.15) is 0 Å². The number of likely N-dealkylation sites (tertiary alicyclic amines) is 1. The first-order valence-electron chi connectivity index (χ1n) is 7.65. The number of carbonyl (C=O) groups excluding carboxylic acids is 1. The number of benzene rings is 1. The van der Waals surface area contributed by atoms with Crippen LogP contribution >= 0.6 is 0 Å². The van der Waals surface area contributed by atoms with E-state index in [9.17, 15) is 14.4 Å². The molecule has 3 rings (SSSR count). The van der Waals surface area contributed by atoms with Gasteiger partial charge in [0.25, 0.3) is 5.91 Å². The largest absolute Gasteiger partial charge is 0.481 e. The molecule has 1 aromatic carbocycles. The van der Waals surface area contributed by atoms with Gasteiger partial charge in [-0.05, 0) is 37.0 Å². The number of aromatic nitrogens is 2. The van der Waals surface area contributed by atoms with E-state index in [4.69, 9.17) is 5.11 Å². The van der Waals surface area contributed by atoms with Crippen LogP contribution in [0.1, 0.15) is 29.6 Å². The van der Waals surface area contributed by atoms with Crippen molar-refractivity contribution >= 4 is 22.9 Å². The molecular formula is C16H19N3O4. The number of imidazole rings is 1. The predicted octanol–water partition coefficient (Wildman–Crippen LogP) is 1.19. The summed E-state index contributed by atoms with van der Waals surface area (Å²) < 4.78 is 1.48. The van der Waals surface area contributed by atoms with Crippen LogP contribution in [-0.4, -0.2) is 44.5 Å². The summed E-state index contributed by atoms with van der Waals surface area (Å²) in [7, 11) is 1.66. The van der Waals surface area contributed by atoms with Crippen molar-refractivity contribution in [1.29, 1.82) is 0 Å². The highest BCUT2D eigenvalue weighted by Gasteiger charge is 2.25. The average Bonchev–Trinajstić information content (AvgIpc) is 2.81. The Labute approximate surface area is 132 Å². The van der Waals surface area contributed by atoms with E-state index in [-0.39, 0.29) is 23.9 Å². The van der Waals surface area contributed by atoms with Crippen LogP contribution in [0, 0.1) is 5.92 Å². The van der Waals surface area contributed by atoms with Gasteiger partial charge in [-0.15, -0.1) is 0 Å². The SMILES string of the molecule is Cn1c(=O)[nH]c2ccc(C(=O)N3CCC(CC(=O)O)CC3)cc21. The zero-order valence-corrected chi connectivity index (χ0v) is 12.9. The average molecular weight is 317 g/mol. The number of carboxylic acids is 1. The molecular weight excluding hydrogens is 298 g/mol. The third-order valence-electron chi connectivity index (χ3n) is 4.52. The Balaban J connectivity index is 1.75. The fourth-order valence-corrected chi connectivity index (χ4v) is 3.13. The number of fused-ring (bicyclic) bond motifs is 1. The molecule has 0 aliphatic carbocycles. The summed E-state index contributed by atoms with van der Waals surface area (Å²) in [5.41, 5.74) is 1.73. The number of nitrogens with zero attached hydrogens (tertiary/aromatic N) is 2. The molecule has 2 aromatic rings. The van der Waals surface area contributed by atoms with E-state index in [2.05, 4.69) is 4.98 Å². The van der Waals surface area contributed by atoms with Gasteiger partial charge >= 0.3 is 11.7 Å². The summed E-state index contributed by atoms with van der Waals surface area (Å²) >= 11 is 0. The molecule has 1 aliphatic heterocycles. The first-order chi connectivity index (χ1) is 11.0. The molecule has 1 fully saturated rings. The maximum Gasteiger partial charge on any atom is 0.326 e. The van der Waals surface area contributed by atoms with Crippen molar-refractivity contribution in [3.8, 4) is 0 Å². The summed E-state index contributed by atoms with van der Waals surface area (Å²) in [6, 6.07) is 5.17. The van der Waals surface area contributed by atoms with Crippen LogP contribution in [0.25, 0.3) is 11.0 Å². The lowest BCUT2D eigenvalue weighted by Gasteiger charge is -2.31. The highest BCUT2D eigenvalue weighted by molar-refractivity contribution is 5.97. The molecule has 2 heterocycles. The molecule has 1 amide bonds. The maximum absolute atomic E-state index is 12.6. The predicted molar refractivity (Wildman–Crippen MR) is 84.4 cm³/mol. The number of piperidine rings is 1. The van der Waals surface area contributed by atoms with Gasteiger partial charge in [-0.3, -0.25) is 14.2 Å². The van der Waals surface area contributed by atoms with Gasteiger partial charge in [0.1, 0.15) is 0 Å². The number of hydrogen-bond acceptors (Lipinski definition) is 3. The fraction of sp³-hybridized carbons (Fsp3) is 0.438. The lowest BCUT2D eigenvalue weighted by molar-refractivity contribution is -0.138. The standard InChI is InChI=1S/C16H19N3O4/c1-18-13-9-11(2-3-12(13)17-16(18)23)15(22)19-6-4-10(5-7-19)8-14(20)21/h2-3,9-10H,4-8H2,1H3,(H,17,23)(H,20,21). The number of aromatic amines is 1. The summed E-state index contributed by atoms with van der Waals surface area (Å²) in [5, 5.41) is 8.84. The number of aryl methyl sites for hydroxylation is 1. The quantitative estimate of drug-likeness (QED) is 0.889. The second-order valence-electron chi connectivity index (χ2n) is 6.05. The second-order valence-corrected chi connectivity index (χ2v) is 6.05. The Morgan fingerprint density at radius 3 is 2.65 bits per heavy atom. The number of rotatable bonds is 3. The van der Waals surface area contributed by atoms with Gasteiger partial charge < -0.3 is 15.0 Å². The van der Waals surface area contributed by atoms with Crippen LogP contribution < -0.4 is 5.69 Å². The minimum Gasteiger partial charge on any atom is -0.481 e. The molecule has 7 nitrogen and oxygen atoms in total. The van der Waals surface area contributed by atoms with Crippen LogP contribution in [0.15, 0.2) is 23.0 Å². The molecule has 2 N–H and O–H groups in total. The second kappa shape index (κ2) is 5.91. The van der Waals surface area contributed by atoms with Crippen molar-refractivity contribution in [1.82, 2.24) is 14.5 Å². The number of amides is 1. The third-order valence-corrected chi connectivity index (χ3v) is 4.52. The van der Waals surface area contributed by atoms with Crippen molar-refractivity contribution in [2.24, 2.45) is 13.0 Å². The van der Waals surface area contributed by atoms with Gasteiger partial charge in [-0.25, -0.2) is 4.79 Å². The summed E-state index contributed by atoms with van der Waals surface area (Å²) in [4.78, 5) is 39.4. The minimum atomic E-state index is -0.784. The number of H-pyrrole nitrogens is 1. The first-order valence-corrected chi connectivity index (χ1v) is 7.65. The van der Waals surface area contributed by atoms with E-state index >= 15 is 0 Å². The number of nitrogens with one attached hydrogen (secondary N) is 1. The van der Waals surface area contributed by atoms with Gasteiger partial charge in [-0.1, -0.05) is 0 Å². The fourth-order valence-electron chi connectivity index (χ4n) is 3.13. The van der Waals surface area contributed by atoms with E-state index in [1.54, 1.807) is 30.1 Å². The number of carboxylic acid groups (broad SMARTS) is 1. The zero-order valence-electron chi connectivity index (χ0n) is 12.9. The minimum absolute atomic E-state index is 0.0747. The van der Waals surface area contributed by atoms with E-state index in [1.807, 2.05) is 0 Å². The van der Waals surface area contributed by atoms with Crippen LogP contribution in [-0.2, 0) is 11.8 Å². The van der Waals surface area contributed by atoms with Crippen molar-refractivity contribution < 1.29 is 14.7 Å². The lowest BCUT2D eigenvalue weighted by atomic mass is 9.93. The Kier molecular flexibility index (Phi) is 3.94. The van der Waals surface area contributed by atoms with Crippen LogP contribution in [0.4, 0.5) is 0 Å². The smallest absolute Gasteiger partial charge is 0.326 e. The molecule has 0 spiro atoms. The molecule has 0 saturated carbocycles. The summed E-state index contributed by atoms with van der Waals surface area (Å²) in [6.45, 7) is 1.14. The van der Waals surface area contributed by atoms with Crippen LogP contribution in [0.5, 0.6) is 0 Å². The topological polar surface area (TPSA) is 95.4 Å². The van der Waals surface area contributed by atoms with Crippen molar-refractivity contribution in [2.45, 2.75) is 19.3 Å². The first kappa shape index (κ1) is 15.3. The Hall–Kier alpha value is -2.57. The Morgan fingerprint density at radius 2 is 2.00 bits per heavy atom. The van der Waals surface area contributed by atoms with Crippen LogP contribution in [0.3, 0.4) is 0 Å². The van der Waals surface area contributed by atoms with E-state index in [0.29, 0.717) is 42.5 Å². The highest BCUT2D eigenvalue weighted by Crippen LogP contribution is 2.22. The molecule has 0 bridgehead atoms. The van der Waals surface area contributed by atoms with E-state index in [0.717, 1.165) is 0 Å². The highest BCUT2D eigenvalue weighted by atomic mass is 16.4. The van der Waals surface area contributed by atoms with E-state index < -0.39 is 5.97 Å².